The first kappa shape index (κ1) is 22.5. The molecule has 0 amide bonds. The minimum Gasteiger partial charge on any atom is -0.480 e. The summed E-state index contributed by atoms with van der Waals surface area (Å²) in [6, 6.07) is 16.8. The van der Waals surface area contributed by atoms with Crippen LogP contribution in [0.3, 0.4) is 0 Å². The van der Waals surface area contributed by atoms with Gasteiger partial charge in [-0.05, 0) is 61.3 Å². The first-order chi connectivity index (χ1) is 14.5. The maximum absolute atomic E-state index is 11.6. The van der Waals surface area contributed by atoms with Crippen molar-refractivity contribution in [3.63, 3.8) is 0 Å². The van der Waals surface area contributed by atoms with Gasteiger partial charge in [0.15, 0.2) is 0 Å². The summed E-state index contributed by atoms with van der Waals surface area (Å²) in [5.41, 5.74) is 4.42. The molecule has 2 aromatic rings. The van der Waals surface area contributed by atoms with Gasteiger partial charge in [0.25, 0.3) is 0 Å². The molecule has 3 rings (SSSR count). The van der Waals surface area contributed by atoms with Crippen molar-refractivity contribution in [2.75, 3.05) is 6.54 Å². The van der Waals surface area contributed by atoms with Crippen molar-refractivity contribution in [3.05, 3.63) is 59.7 Å². The SMILES string of the molecule is CCCc1ccc(-c2ccc(COC3(CC)CCCCN3C(C)C(=O)O)cc2)cc1. The van der Waals surface area contributed by atoms with Crippen LogP contribution in [0.5, 0.6) is 0 Å². The molecule has 2 aromatic carbocycles. The van der Waals surface area contributed by atoms with E-state index in [9.17, 15) is 9.90 Å². The molecule has 1 aliphatic heterocycles. The van der Waals surface area contributed by atoms with Gasteiger partial charge in [-0.1, -0.05) is 68.8 Å². The van der Waals surface area contributed by atoms with Crippen molar-refractivity contribution in [3.8, 4) is 11.1 Å². The highest BCUT2D eigenvalue weighted by molar-refractivity contribution is 5.73. The van der Waals surface area contributed by atoms with Crippen LogP contribution in [0.4, 0.5) is 0 Å². The zero-order valence-electron chi connectivity index (χ0n) is 18.6. The van der Waals surface area contributed by atoms with Gasteiger partial charge < -0.3 is 9.84 Å². The van der Waals surface area contributed by atoms with Crippen LogP contribution in [0.2, 0.25) is 0 Å². The molecule has 0 bridgehead atoms. The van der Waals surface area contributed by atoms with Crippen molar-refractivity contribution < 1.29 is 14.6 Å². The highest BCUT2D eigenvalue weighted by Gasteiger charge is 2.42. The molecule has 0 spiro atoms. The fraction of sp³-hybridized carbons (Fsp3) is 0.500. The predicted molar refractivity (Wildman–Crippen MR) is 121 cm³/mol. The third-order valence-corrected chi connectivity index (χ3v) is 6.40. The van der Waals surface area contributed by atoms with E-state index in [1.54, 1.807) is 6.92 Å². The molecule has 0 aromatic heterocycles. The average Bonchev–Trinajstić information content (AvgIpc) is 2.78. The van der Waals surface area contributed by atoms with Crippen LogP contribution in [-0.4, -0.2) is 34.3 Å². The number of benzene rings is 2. The molecule has 1 saturated heterocycles. The number of hydrogen-bond acceptors (Lipinski definition) is 3. The van der Waals surface area contributed by atoms with Gasteiger partial charge in [0.05, 0.1) is 6.61 Å². The summed E-state index contributed by atoms with van der Waals surface area (Å²) in [4.78, 5) is 13.7. The normalized spacial score (nSPS) is 20.8. The molecule has 0 aliphatic carbocycles. The summed E-state index contributed by atoms with van der Waals surface area (Å²) in [6.45, 7) is 7.33. The Kier molecular flexibility index (Phi) is 7.68. The second-order valence-electron chi connectivity index (χ2n) is 8.40. The number of likely N-dealkylation sites (tertiary alicyclic amines) is 1. The third-order valence-electron chi connectivity index (χ3n) is 6.40. The predicted octanol–water partition coefficient (Wildman–Crippen LogP) is 5.89. The van der Waals surface area contributed by atoms with Crippen molar-refractivity contribution >= 4 is 5.97 Å². The van der Waals surface area contributed by atoms with Crippen molar-refractivity contribution in [2.45, 2.75) is 77.7 Å². The number of nitrogens with zero attached hydrogens (tertiary/aromatic N) is 1. The lowest BCUT2D eigenvalue weighted by Gasteiger charge is -2.48. The lowest BCUT2D eigenvalue weighted by atomic mass is 9.93. The van der Waals surface area contributed by atoms with Crippen LogP contribution < -0.4 is 0 Å². The Hall–Kier alpha value is -2.17. The number of piperidine rings is 1. The molecule has 4 heteroatoms. The molecule has 1 fully saturated rings. The molecule has 2 atom stereocenters. The number of carboxylic acid groups (broad SMARTS) is 1. The molecule has 0 radical (unpaired) electrons. The summed E-state index contributed by atoms with van der Waals surface area (Å²) in [7, 11) is 0. The number of carbonyl (C=O) groups is 1. The van der Waals surface area contributed by atoms with Gasteiger partial charge >= 0.3 is 5.97 Å². The van der Waals surface area contributed by atoms with Gasteiger partial charge in [-0.15, -0.1) is 0 Å². The Balaban J connectivity index is 1.69. The molecule has 2 unspecified atom stereocenters. The summed E-state index contributed by atoms with van der Waals surface area (Å²) in [5.74, 6) is -0.785. The van der Waals surface area contributed by atoms with Crippen LogP contribution in [0.1, 0.15) is 64.0 Å². The molecular formula is C26H35NO3. The van der Waals surface area contributed by atoms with E-state index in [4.69, 9.17) is 4.74 Å². The number of aryl methyl sites for hydroxylation is 1. The topological polar surface area (TPSA) is 49.8 Å². The Morgan fingerprint density at radius 1 is 1.03 bits per heavy atom. The summed E-state index contributed by atoms with van der Waals surface area (Å²) in [5, 5.41) is 9.54. The van der Waals surface area contributed by atoms with Gasteiger partial charge in [0.1, 0.15) is 11.8 Å². The van der Waals surface area contributed by atoms with Crippen LogP contribution in [-0.2, 0) is 22.6 Å². The van der Waals surface area contributed by atoms with E-state index in [-0.39, 0.29) is 0 Å². The Labute approximate surface area is 180 Å². The Bertz CT molecular complexity index is 815. The highest BCUT2D eigenvalue weighted by Crippen LogP contribution is 2.35. The molecule has 1 aliphatic rings. The molecule has 0 saturated carbocycles. The van der Waals surface area contributed by atoms with Gasteiger partial charge in [0.2, 0.25) is 0 Å². The fourth-order valence-electron chi connectivity index (χ4n) is 4.51. The Morgan fingerprint density at radius 2 is 1.63 bits per heavy atom. The minimum absolute atomic E-state index is 0.492. The van der Waals surface area contributed by atoms with Gasteiger partial charge in [0, 0.05) is 6.54 Å². The molecule has 162 valence electrons. The van der Waals surface area contributed by atoms with Crippen LogP contribution >= 0.6 is 0 Å². The zero-order valence-corrected chi connectivity index (χ0v) is 18.6. The largest absolute Gasteiger partial charge is 0.480 e. The Morgan fingerprint density at radius 3 is 2.17 bits per heavy atom. The summed E-state index contributed by atoms with van der Waals surface area (Å²) < 4.78 is 6.44. The van der Waals surface area contributed by atoms with E-state index < -0.39 is 17.7 Å². The lowest BCUT2D eigenvalue weighted by molar-refractivity contribution is -0.203. The number of carboxylic acids is 1. The first-order valence-corrected chi connectivity index (χ1v) is 11.3. The maximum Gasteiger partial charge on any atom is 0.320 e. The van der Waals surface area contributed by atoms with E-state index >= 15 is 0 Å². The first-order valence-electron chi connectivity index (χ1n) is 11.3. The number of hydrogen-bond donors (Lipinski definition) is 1. The monoisotopic (exact) mass is 409 g/mol. The van der Waals surface area contributed by atoms with Crippen molar-refractivity contribution in [1.29, 1.82) is 0 Å². The molecule has 1 N–H and O–H groups in total. The van der Waals surface area contributed by atoms with E-state index in [0.29, 0.717) is 6.61 Å². The van der Waals surface area contributed by atoms with Gasteiger partial charge in [-0.3, -0.25) is 9.69 Å². The second-order valence-corrected chi connectivity index (χ2v) is 8.40. The van der Waals surface area contributed by atoms with Crippen LogP contribution in [0.25, 0.3) is 11.1 Å². The molecule has 1 heterocycles. The van der Waals surface area contributed by atoms with Crippen LogP contribution in [0, 0.1) is 0 Å². The van der Waals surface area contributed by atoms with Crippen LogP contribution in [0.15, 0.2) is 48.5 Å². The van der Waals surface area contributed by atoms with E-state index in [1.807, 2.05) is 4.90 Å². The lowest BCUT2D eigenvalue weighted by Crippen LogP contribution is -2.58. The van der Waals surface area contributed by atoms with E-state index in [0.717, 1.165) is 50.6 Å². The van der Waals surface area contributed by atoms with E-state index in [1.165, 1.54) is 16.7 Å². The number of rotatable bonds is 9. The second kappa shape index (κ2) is 10.2. The number of aliphatic carboxylic acids is 1. The van der Waals surface area contributed by atoms with Gasteiger partial charge in [-0.25, -0.2) is 0 Å². The maximum atomic E-state index is 11.6. The molecule has 4 nitrogen and oxygen atoms in total. The highest BCUT2D eigenvalue weighted by atomic mass is 16.5. The minimum atomic E-state index is -0.785. The summed E-state index contributed by atoms with van der Waals surface area (Å²) >= 11 is 0. The third kappa shape index (κ3) is 5.11. The zero-order chi connectivity index (χ0) is 21.6. The quantitative estimate of drug-likeness (QED) is 0.561. The van der Waals surface area contributed by atoms with E-state index in [2.05, 4.69) is 62.4 Å². The standard InChI is InChI=1S/C26H35NO3/c1-4-8-21-9-13-23(14-10-21)24-15-11-22(12-16-24)19-30-26(5-2)17-6-7-18-27(26)20(3)25(28)29/h9-16,20H,4-8,17-19H2,1-3H3,(H,28,29). The smallest absolute Gasteiger partial charge is 0.320 e. The van der Waals surface area contributed by atoms with Crippen molar-refractivity contribution in [2.24, 2.45) is 0 Å². The fourth-order valence-corrected chi connectivity index (χ4v) is 4.51. The summed E-state index contributed by atoms with van der Waals surface area (Å²) in [6.07, 6.45) is 6.04. The molecular weight excluding hydrogens is 374 g/mol. The average molecular weight is 410 g/mol. The number of ether oxygens (including phenoxy) is 1. The van der Waals surface area contributed by atoms with Crippen molar-refractivity contribution in [1.82, 2.24) is 4.90 Å². The molecule has 30 heavy (non-hydrogen) atoms. The van der Waals surface area contributed by atoms with Gasteiger partial charge in [-0.2, -0.15) is 0 Å².